The van der Waals surface area contributed by atoms with E-state index in [1.165, 1.54) is 0 Å². The normalized spacial score (nSPS) is 15.9. The molecule has 1 saturated heterocycles. The summed E-state index contributed by atoms with van der Waals surface area (Å²) in [5, 5.41) is 6.16. The third-order valence-corrected chi connectivity index (χ3v) is 4.41. The van der Waals surface area contributed by atoms with Crippen LogP contribution >= 0.6 is 11.6 Å². The molecule has 1 heterocycles. The van der Waals surface area contributed by atoms with Crippen molar-refractivity contribution >= 4 is 22.4 Å². The van der Waals surface area contributed by atoms with Gasteiger partial charge < -0.3 is 14.8 Å². The summed E-state index contributed by atoms with van der Waals surface area (Å²) in [4.78, 5) is 2.42. The predicted molar refractivity (Wildman–Crippen MR) is 94.6 cm³/mol. The zero-order valence-electron chi connectivity index (χ0n) is 13.3. The Kier molecular flexibility index (Phi) is 6.11. The zero-order valence-corrected chi connectivity index (χ0v) is 14.0. The minimum Gasteiger partial charge on any atom is -0.491 e. The number of rotatable bonds is 7. The topological polar surface area (TPSA) is 33.7 Å². The molecule has 0 amide bonds. The molecular formula is C18H23ClN2O2. The molecule has 124 valence electrons. The van der Waals surface area contributed by atoms with Crippen LogP contribution in [-0.4, -0.2) is 57.4 Å². The van der Waals surface area contributed by atoms with Gasteiger partial charge in [-0.3, -0.25) is 4.90 Å². The van der Waals surface area contributed by atoms with Gasteiger partial charge >= 0.3 is 0 Å². The number of benzene rings is 2. The fourth-order valence-electron chi connectivity index (χ4n) is 2.80. The van der Waals surface area contributed by atoms with Crippen LogP contribution in [0.3, 0.4) is 0 Å². The number of nitrogens with one attached hydrogen (secondary N) is 1. The van der Waals surface area contributed by atoms with Gasteiger partial charge in [0.2, 0.25) is 0 Å². The van der Waals surface area contributed by atoms with Crippen LogP contribution in [0.4, 0.5) is 0 Å². The van der Waals surface area contributed by atoms with Gasteiger partial charge in [-0.15, -0.1) is 0 Å². The first-order valence-electron chi connectivity index (χ1n) is 8.15. The lowest BCUT2D eigenvalue weighted by Gasteiger charge is -2.26. The Morgan fingerprint density at radius 1 is 0.957 bits per heavy atom. The van der Waals surface area contributed by atoms with E-state index in [4.69, 9.17) is 21.1 Å². The van der Waals surface area contributed by atoms with Crippen molar-refractivity contribution in [3.63, 3.8) is 0 Å². The second-order valence-corrected chi connectivity index (χ2v) is 6.05. The highest BCUT2D eigenvalue weighted by atomic mass is 35.5. The SMILES string of the molecule is Clc1ccc(OCCOCCN2CCNCC2)c2ccccc12. The van der Waals surface area contributed by atoms with Gasteiger partial charge in [-0.05, 0) is 12.1 Å². The minimum atomic E-state index is 0.549. The molecule has 0 bridgehead atoms. The smallest absolute Gasteiger partial charge is 0.127 e. The Hall–Kier alpha value is -1.33. The molecule has 0 saturated carbocycles. The summed E-state index contributed by atoms with van der Waals surface area (Å²) in [7, 11) is 0. The monoisotopic (exact) mass is 334 g/mol. The quantitative estimate of drug-likeness (QED) is 0.789. The third kappa shape index (κ3) is 4.58. The molecule has 2 aromatic rings. The van der Waals surface area contributed by atoms with Crippen molar-refractivity contribution in [1.29, 1.82) is 0 Å². The van der Waals surface area contributed by atoms with Crippen LogP contribution in [-0.2, 0) is 4.74 Å². The van der Waals surface area contributed by atoms with Gasteiger partial charge in [0.05, 0.1) is 13.2 Å². The highest BCUT2D eigenvalue weighted by Gasteiger charge is 2.08. The number of fused-ring (bicyclic) bond motifs is 1. The van der Waals surface area contributed by atoms with Gasteiger partial charge in [-0.1, -0.05) is 35.9 Å². The van der Waals surface area contributed by atoms with Gasteiger partial charge in [0.25, 0.3) is 0 Å². The van der Waals surface area contributed by atoms with Crippen molar-refractivity contribution in [2.75, 3.05) is 52.5 Å². The average molecular weight is 335 g/mol. The van der Waals surface area contributed by atoms with Gasteiger partial charge in [-0.2, -0.15) is 0 Å². The molecule has 0 radical (unpaired) electrons. The Morgan fingerprint density at radius 2 is 1.74 bits per heavy atom. The molecule has 0 spiro atoms. The van der Waals surface area contributed by atoms with Crippen LogP contribution < -0.4 is 10.1 Å². The second-order valence-electron chi connectivity index (χ2n) is 5.64. The molecule has 1 aliphatic heterocycles. The molecule has 3 rings (SSSR count). The molecule has 1 N–H and O–H groups in total. The number of piperazine rings is 1. The molecule has 4 nitrogen and oxygen atoms in total. The molecular weight excluding hydrogens is 312 g/mol. The van der Waals surface area contributed by atoms with Crippen LogP contribution in [0.25, 0.3) is 10.8 Å². The second kappa shape index (κ2) is 8.50. The van der Waals surface area contributed by atoms with E-state index in [1.807, 2.05) is 36.4 Å². The van der Waals surface area contributed by atoms with Crippen molar-refractivity contribution in [1.82, 2.24) is 10.2 Å². The van der Waals surface area contributed by atoms with Crippen LogP contribution in [0.2, 0.25) is 5.02 Å². The number of ether oxygens (including phenoxy) is 2. The van der Waals surface area contributed by atoms with Crippen LogP contribution in [0, 0.1) is 0 Å². The van der Waals surface area contributed by atoms with Gasteiger partial charge in [-0.25, -0.2) is 0 Å². The number of hydrogen-bond donors (Lipinski definition) is 1. The lowest BCUT2D eigenvalue weighted by Crippen LogP contribution is -2.44. The highest BCUT2D eigenvalue weighted by Crippen LogP contribution is 2.31. The standard InChI is InChI=1S/C18H23ClN2O2/c19-17-5-6-18(16-4-2-1-3-15(16)17)23-14-13-22-12-11-21-9-7-20-8-10-21/h1-6,20H,7-14H2. The molecule has 23 heavy (non-hydrogen) atoms. The van der Waals surface area contributed by atoms with Crippen LogP contribution in [0.1, 0.15) is 0 Å². The Bertz CT molecular complexity index is 629. The first-order chi connectivity index (χ1) is 11.3. The van der Waals surface area contributed by atoms with Crippen molar-refractivity contribution in [3.05, 3.63) is 41.4 Å². The molecule has 2 aromatic carbocycles. The third-order valence-electron chi connectivity index (χ3n) is 4.08. The van der Waals surface area contributed by atoms with E-state index in [0.717, 1.165) is 60.9 Å². The molecule has 1 fully saturated rings. The molecule has 5 heteroatoms. The molecule has 0 unspecified atom stereocenters. The fraction of sp³-hybridized carbons (Fsp3) is 0.444. The first-order valence-corrected chi connectivity index (χ1v) is 8.53. The van der Waals surface area contributed by atoms with E-state index in [9.17, 15) is 0 Å². The van der Waals surface area contributed by atoms with E-state index >= 15 is 0 Å². The van der Waals surface area contributed by atoms with Gasteiger partial charge in [0, 0.05) is 48.5 Å². The summed E-state index contributed by atoms with van der Waals surface area (Å²) >= 11 is 6.22. The van der Waals surface area contributed by atoms with Crippen LogP contribution in [0.15, 0.2) is 36.4 Å². The van der Waals surface area contributed by atoms with Gasteiger partial charge in [0.15, 0.2) is 0 Å². The lowest BCUT2D eigenvalue weighted by molar-refractivity contribution is 0.0771. The molecule has 1 aliphatic rings. The fourth-order valence-corrected chi connectivity index (χ4v) is 3.03. The summed E-state index contributed by atoms with van der Waals surface area (Å²) in [6, 6.07) is 11.8. The van der Waals surface area contributed by atoms with Crippen molar-refractivity contribution in [3.8, 4) is 5.75 Å². The zero-order chi connectivity index (χ0) is 15.9. The first kappa shape index (κ1) is 16.5. The number of halogens is 1. The van der Waals surface area contributed by atoms with E-state index in [-0.39, 0.29) is 0 Å². The van der Waals surface area contributed by atoms with E-state index in [2.05, 4.69) is 10.2 Å². The molecule has 0 aliphatic carbocycles. The summed E-state index contributed by atoms with van der Waals surface area (Å²) in [6.45, 7) is 7.26. The molecule has 0 atom stereocenters. The maximum Gasteiger partial charge on any atom is 0.127 e. The van der Waals surface area contributed by atoms with E-state index in [0.29, 0.717) is 13.2 Å². The summed E-state index contributed by atoms with van der Waals surface area (Å²) in [5.41, 5.74) is 0. The van der Waals surface area contributed by atoms with Crippen molar-refractivity contribution < 1.29 is 9.47 Å². The van der Waals surface area contributed by atoms with E-state index < -0.39 is 0 Å². The summed E-state index contributed by atoms with van der Waals surface area (Å²) in [5.74, 6) is 0.857. The number of hydrogen-bond acceptors (Lipinski definition) is 4. The highest BCUT2D eigenvalue weighted by molar-refractivity contribution is 6.35. The summed E-state index contributed by atoms with van der Waals surface area (Å²) in [6.07, 6.45) is 0. The van der Waals surface area contributed by atoms with Crippen LogP contribution in [0.5, 0.6) is 5.75 Å². The molecule has 0 aromatic heterocycles. The van der Waals surface area contributed by atoms with Crippen molar-refractivity contribution in [2.24, 2.45) is 0 Å². The predicted octanol–water partition coefficient (Wildman–Crippen LogP) is 2.79. The maximum atomic E-state index is 6.22. The number of nitrogens with zero attached hydrogens (tertiary/aromatic N) is 1. The van der Waals surface area contributed by atoms with Crippen molar-refractivity contribution in [2.45, 2.75) is 0 Å². The summed E-state index contributed by atoms with van der Waals surface area (Å²) < 4.78 is 11.5. The minimum absolute atomic E-state index is 0.549. The Labute approximate surface area is 142 Å². The van der Waals surface area contributed by atoms with Gasteiger partial charge in [0.1, 0.15) is 12.4 Å². The Balaban J connectivity index is 1.41. The largest absolute Gasteiger partial charge is 0.491 e. The van der Waals surface area contributed by atoms with E-state index in [1.54, 1.807) is 0 Å². The average Bonchev–Trinajstić information content (AvgIpc) is 2.61. The lowest BCUT2D eigenvalue weighted by atomic mass is 10.1. The Morgan fingerprint density at radius 3 is 2.57 bits per heavy atom. The maximum absolute atomic E-state index is 6.22.